The third-order valence-corrected chi connectivity index (χ3v) is 5.31. The van der Waals surface area contributed by atoms with Crippen LogP contribution in [0.2, 0.25) is 0 Å². The van der Waals surface area contributed by atoms with Gasteiger partial charge in [-0.1, -0.05) is 25.7 Å². The van der Waals surface area contributed by atoms with Crippen molar-refractivity contribution in [1.29, 1.82) is 0 Å². The molecule has 2 unspecified atom stereocenters. The first-order valence-electron chi connectivity index (χ1n) is 7.85. The third kappa shape index (κ3) is 9.08. The summed E-state index contributed by atoms with van der Waals surface area (Å²) in [4.78, 5) is 0. The van der Waals surface area contributed by atoms with Crippen LogP contribution in [0.1, 0.15) is 42.4 Å². The minimum absolute atomic E-state index is 0. The standard InChI is InChI=1S/C15H16F6N2O2S.CH3.ClH.Ru/c16-14(17,18)10-5-9(6-11(7-10)15(19,20)21)8-26(24,25)23-13-4-2-1-3-12(13)22;;;/h5-7,12-13,22H,1-4,8H2;1H3;1H;/q-2;-1;;+4/p-1. The Hall–Kier alpha value is -0.417. The van der Waals surface area contributed by atoms with Crippen LogP contribution in [-0.2, 0) is 45.4 Å². The molecule has 1 aliphatic rings. The number of sulfonamides is 1. The molecule has 1 aromatic carbocycles. The summed E-state index contributed by atoms with van der Waals surface area (Å²) < 4.78 is 105. The van der Waals surface area contributed by atoms with Gasteiger partial charge in [0.1, 0.15) is 0 Å². The summed E-state index contributed by atoms with van der Waals surface area (Å²) in [5.74, 6) is -1.08. The molecule has 4 nitrogen and oxygen atoms in total. The van der Waals surface area contributed by atoms with Gasteiger partial charge in [0.15, 0.2) is 0 Å². The van der Waals surface area contributed by atoms with E-state index in [1.54, 1.807) is 0 Å². The van der Waals surface area contributed by atoms with Gasteiger partial charge in [-0.15, -0.1) is 6.04 Å². The van der Waals surface area contributed by atoms with E-state index in [4.69, 9.17) is 5.73 Å². The van der Waals surface area contributed by atoms with Gasteiger partial charge in [-0.2, -0.15) is 32.4 Å². The molecule has 1 aliphatic carbocycles. The van der Waals surface area contributed by atoms with E-state index >= 15 is 0 Å². The second-order valence-electron chi connectivity index (χ2n) is 6.20. The maximum Gasteiger partial charge on any atom is 0.416 e. The SMILES string of the molecule is [CH3-].[Cl][Ru+3].[NH-]C1CCCCC1[N-]S(=O)(=O)Cc1cc(C(F)(F)F)cc(C(F)(F)F)c1. The van der Waals surface area contributed by atoms with Gasteiger partial charge >= 0.3 is 39.4 Å². The summed E-state index contributed by atoms with van der Waals surface area (Å²) in [5.41, 5.74) is 3.97. The average molecular weight is 554 g/mol. The Balaban J connectivity index is 0.00000253. The molecule has 0 heterocycles. The molecule has 1 N–H and O–H groups in total. The summed E-state index contributed by atoms with van der Waals surface area (Å²) >= 11 is 1.82. The molecule has 13 heteroatoms. The zero-order chi connectivity index (χ0) is 21.8. The average Bonchev–Trinajstić information content (AvgIpc) is 2.56. The van der Waals surface area contributed by atoms with Crippen LogP contribution in [0, 0.1) is 7.43 Å². The number of nitrogens with one attached hydrogen (secondary N) is 1. The molecule has 0 spiro atoms. The Morgan fingerprint density at radius 2 is 1.45 bits per heavy atom. The normalized spacial score (nSPS) is 20.3. The second-order valence-corrected chi connectivity index (χ2v) is 7.87. The fourth-order valence-corrected chi connectivity index (χ4v) is 4.12. The Bertz CT molecular complexity index is 727. The van der Waals surface area contributed by atoms with Crippen molar-refractivity contribution in [3.63, 3.8) is 0 Å². The van der Waals surface area contributed by atoms with Crippen LogP contribution in [0.15, 0.2) is 18.2 Å². The molecule has 1 aromatic rings. The molecule has 1 saturated carbocycles. The van der Waals surface area contributed by atoms with Crippen LogP contribution in [0.25, 0.3) is 10.5 Å². The van der Waals surface area contributed by atoms with Crippen molar-refractivity contribution in [3.8, 4) is 0 Å². The largest absolute Gasteiger partial charge is 0.676 e. The van der Waals surface area contributed by atoms with Gasteiger partial charge in [0.2, 0.25) is 0 Å². The molecule has 0 saturated heterocycles. The van der Waals surface area contributed by atoms with Crippen molar-refractivity contribution >= 4 is 19.7 Å². The van der Waals surface area contributed by atoms with Gasteiger partial charge in [-0.05, 0) is 23.8 Å². The maximum absolute atomic E-state index is 12.8. The van der Waals surface area contributed by atoms with Gasteiger partial charge < -0.3 is 17.9 Å². The smallest absolute Gasteiger partial charge is 0.416 e. The Morgan fingerprint density at radius 1 is 1.00 bits per heavy atom. The molecule has 1 fully saturated rings. The predicted octanol–water partition coefficient (Wildman–Crippen LogP) is 6.43. The topological polar surface area (TPSA) is 72.0 Å². The Kier molecular flexibility index (Phi) is 11.1. The molecular weight excluding hydrogens is 535 g/mol. The Morgan fingerprint density at radius 3 is 1.86 bits per heavy atom. The monoisotopic (exact) mass is 554 g/mol. The summed E-state index contributed by atoms with van der Waals surface area (Å²) in [6.07, 6.45) is -7.88. The van der Waals surface area contributed by atoms with E-state index in [-0.39, 0.29) is 13.5 Å². The summed E-state index contributed by atoms with van der Waals surface area (Å²) in [7, 11) is 0.248. The van der Waals surface area contributed by atoms with Crippen molar-refractivity contribution < 1.29 is 52.1 Å². The van der Waals surface area contributed by atoms with Gasteiger partial charge in [0.25, 0.3) is 0 Å². The van der Waals surface area contributed by atoms with Gasteiger partial charge in [0, 0.05) is 0 Å². The van der Waals surface area contributed by atoms with Crippen molar-refractivity contribution in [2.75, 3.05) is 0 Å². The minimum Gasteiger partial charge on any atom is -0.676 e. The van der Waals surface area contributed by atoms with Crippen LogP contribution >= 0.6 is 9.69 Å². The number of hydrogen-bond donors (Lipinski definition) is 0. The van der Waals surface area contributed by atoms with Crippen molar-refractivity contribution in [3.05, 3.63) is 52.8 Å². The fourth-order valence-electron chi connectivity index (χ4n) is 2.79. The van der Waals surface area contributed by atoms with Crippen LogP contribution in [0.5, 0.6) is 0 Å². The van der Waals surface area contributed by atoms with Crippen LogP contribution in [0.4, 0.5) is 26.3 Å². The van der Waals surface area contributed by atoms with E-state index in [1.165, 1.54) is 0 Å². The van der Waals surface area contributed by atoms with E-state index in [0.29, 0.717) is 31.4 Å². The van der Waals surface area contributed by atoms with Crippen molar-refractivity contribution in [2.24, 2.45) is 0 Å². The molecule has 0 bridgehead atoms. The molecule has 29 heavy (non-hydrogen) atoms. The molecule has 168 valence electrons. The third-order valence-electron chi connectivity index (χ3n) is 4.02. The number of halogens is 7. The second kappa shape index (κ2) is 11.3. The molecule has 2 atom stereocenters. The van der Waals surface area contributed by atoms with Gasteiger partial charge in [-0.25, -0.2) is 8.42 Å². The first kappa shape index (κ1) is 28.6. The molecule has 0 radical (unpaired) electrons. The minimum atomic E-state index is -5.05. The Labute approximate surface area is 180 Å². The molecule has 2 rings (SSSR count). The van der Waals surface area contributed by atoms with E-state index in [9.17, 15) is 34.8 Å². The summed E-state index contributed by atoms with van der Waals surface area (Å²) in [6.45, 7) is 0. The van der Waals surface area contributed by atoms with E-state index in [0.717, 1.165) is 6.42 Å². The number of rotatable bonds is 4. The molecule has 0 aromatic heterocycles. The van der Waals surface area contributed by atoms with Gasteiger partial charge in [-0.3, -0.25) is 0 Å². The fraction of sp³-hybridized carbons (Fsp3) is 0.562. The van der Waals surface area contributed by atoms with E-state index in [1.807, 2.05) is 17.3 Å². The number of hydrogen-bond acceptors (Lipinski definition) is 2. The summed E-state index contributed by atoms with van der Waals surface area (Å²) in [5, 5.41) is 0. The van der Waals surface area contributed by atoms with Crippen molar-refractivity contribution in [2.45, 2.75) is 55.9 Å². The predicted molar refractivity (Wildman–Crippen MR) is 95.1 cm³/mol. The first-order valence-corrected chi connectivity index (χ1v) is 11.7. The molecule has 0 amide bonds. The maximum atomic E-state index is 12.8. The van der Waals surface area contributed by atoms with Crippen LogP contribution < -0.4 is 0 Å². The quantitative estimate of drug-likeness (QED) is 0.245. The van der Waals surface area contributed by atoms with Crippen LogP contribution in [0.3, 0.4) is 0 Å². The first-order chi connectivity index (χ1) is 12.8. The number of alkyl halides is 6. The van der Waals surface area contributed by atoms with Crippen LogP contribution in [-0.4, -0.2) is 20.5 Å². The zero-order valence-electron chi connectivity index (χ0n) is 15.1. The summed E-state index contributed by atoms with van der Waals surface area (Å²) in [6, 6.07) is -0.871. The number of nitrogens with zero attached hydrogens (tertiary/aromatic N) is 1. The van der Waals surface area contributed by atoms with E-state index in [2.05, 4.69) is 14.4 Å². The molecular formula is C16H19ClF6N2O2RuS. The zero-order valence-corrected chi connectivity index (χ0v) is 18.4. The van der Waals surface area contributed by atoms with Gasteiger partial charge in [0.05, 0.1) is 26.9 Å². The molecule has 0 aliphatic heterocycles. The van der Waals surface area contributed by atoms with E-state index < -0.39 is 56.9 Å². The number of benzene rings is 1. The van der Waals surface area contributed by atoms with Crippen molar-refractivity contribution in [1.82, 2.24) is 0 Å².